The Morgan fingerprint density at radius 2 is 2.17 bits per heavy atom. The third-order valence-electron chi connectivity index (χ3n) is 3.94. The summed E-state index contributed by atoms with van der Waals surface area (Å²) < 4.78 is 7.40. The summed E-state index contributed by atoms with van der Waals surface area (Å²) in [6.45, 7) is 5.07. The van der Waals surface area contributed by atoms with Crippen molar-refractivity contribution >= 4 is 16.9 Å². The highest BCUT2D eigenvalue weighted by Crippen LogP contribution is 2.21. The molecule has 1 amide bonds. The van der Waals surface area contributed by atoms with Crippen LogP contribution in [-0.2, 0) is 13.0 Å². The second kappa shape index (κ2) is 6.88. The topological polar surface area (TPSA) is 86.1 Å². The maximum atomic E-state index is 12.1. The van der Waals surface area contributed by atoms with Gasteiger partial charge < -0.3 is 20.0 Å². The van der Waals surface area contributed by atoms with Crippen molar-refractivity contribution in [1.29, 1.82) is 0 Å². The number of rotatable bonds is 6. The number of nitrogens with one attached hydrogen (secondary N) is 1. The highest BCUT2D eigenvalue weighted by atomic mass is 16.3. The number of amides is 1. The minimum atomic E-state index is -0.161. The normalized spacial score (nSPS) is 11.3. The van der Waals surface area contributed by atoms with Gasteiger partial charge in [0.05, 0.1) is 23.1 Å². The zero-order valence-corrected chi connectivity index (χ0v) is 14.0. The number of hydrogen-bond acceptors (Lipinski definition) is 4. The van der Waals surface area contributed by atoms with E-state index in [-0.39, 0.29) is 12.5 Å². The van der Waals surface area contributed by atoms with Crippen molar-refractivity contribution in [3.05, 3.63) is 53.7 Å². The molecule has 6 nitrogen and oxygen atoms in total. The molecule has 3 aromatic rings. The molecule has 2 aromatic heterocycles. The van der Waals surface area contributed by atoms with Crippen LogP contribution in [0, 0.1) is 0 Å². The van der Waals surface area contributed by atoms with E-state index in [1.165, 1.54) is 6.26 Å². The van der Waals surface area contributed by atoms with Gasteiger partial charge >= 0.3 is 0 Å². The lowest BCUT2D eigenvalue weighted by Gasteiger charge is -2.13. The molecule has 0 saturated heterocycles. The van der Waals surface area contributed by atoms with Crippen LogP contribution in [0.4, 0.5) is 0 Å². The fourth-order valence-corrected chi connectivity index (χ4v) is 2.84. The van der Waals surface area contributed by atoms with Gasteiger partial charge in [-0.15, -0.1) is 0 Å². The SMILES string of the molecule is CC(C)n1c(CCNC(=O)c2coc(CN)c2)nc2ccccc21. The Kier molecular flexibility index (Phi) is 4.66. The predicted molar refractivity (Wildman–Crippen MR) is 92.8 cm³/mol. The molecule has 0 fully saturated rings. The Labute approximate surface area is 140 Å². The number of para-hydroxylation sites is 2. The van der Waals surface area contributed by atoms with Crippen LogP contribution in [0.25, 0.3) is 11.0 Å². The molecule has 6 heteroatoms. The van der Waals surface area contributed by atoms with Crippen LogP contribution in [0.5, 0.6) is 0 Å². The van der Waals surface area contributed by atoms with Crippen LogP contribution in [0.1, 0.15) is 41.8 Å². The maximum Gasteiger partial charge on any atom is 0.254 e. The van der Waals surface area contributed by atoms with Crippen molar-refractivity contribution in [2.24, 2.45) is 5.73 Å². The average Bonchev–Trinajstić information content (AvgIpc) is 3.18. The lowest BCUT2D eigenvalue weighted by atomic mass is 10.2. The van der Waals surface area contributed by atoms with Gasteiger partial charge in [-0.3, -0.25) is 4.79 Å². The molecule has 3 rings (SSSR count). The van der Waals surface area contributed by atoms with Crippen molar-refractivity contribution in [2.45, 2.75) is 32.9 Å². The van der Waals surface area contributed by atoms with Gasteiger partial charge in [0.1, 0.15) is 17.8 Å². The van der Waals surface area contributed by atoms with Gasteiger partial charge in [0.2, 0.25) is 0 Å². The quantitative estimate of drug-likeness (QED) is 0.729. The molecule has 0 unspecified atom stereocenters. The average molecular weight is 326 g/mol. The zero-order chi connectivity index (χ0) is 17.1. The van der Waals surface area contributed by atoms with E-state index in [9.17, 15) is 4.79 Å². The molecular weight excluding hydrogens is 304 g/mol. The first kappa shape index (κ1) is 16.3. The lowest BCUT2D eigenvalue weighted by Crippen LogP contribution is -2.26. The number of furan rings is 1. The smallest absolute Gasteiger partial charge is 0.254 e. The summed E-state index contributed by atoms with van der Waals surface area (Å²) in [6.07, 6.45) is 2.10. The minimum absolute atomic E-state index is 0.161. The molecule has 1 aromatic carbocycles. The fourth-order valence-electron chi connectivity index (χ4n) is 2.84. The van der Waals surface area contributed by atoms with E-state index < -0.39 is 0 Å². The molecule has 3 N–H and O–H groups in total. The molecule has 2 heterocycles. The first-order valence-electron chi connectivity index (χ1n) is 8.11. The van der Waals surface area contributed by atoms with Crippen LogP contribution >= 0.6 is 0 Å². The van der Waals surface area contributed by atoms with E-state index in [2.05, 4.69) is 29.8 Å². The molecular formula is C18H22N4O2. The highest BCUT2D eigenvalue weighted by molar-refractivity contribution is 5.93. The molecule has 0 aliphatic heterocycles. The van der Waals surface area contributed by atoms with Gasteiger partial charge in [-0.2, -0.15) is 0 Å². The summed E-state index contributed by atoms with van der Waals surface area (Å²) in [6, 6.07) is 10.1. The van der Waals surface area contributed by atoms with Crippen LogP contribution in [0.2, 0.25) is 0 Å². The Bertz CT molecular complexity index is 848. The van der Waals surface area contributed by atoms with Crippen molar-refractivity contribution < 1.29 is 9.21 Å². The molecule has 0 saturated carbocycles. The molecule has 0 atom stereocenters. The fraction of sp³-hybridized carbons (Fsp3) is 0.333. The minimum Gasteiger partial charge on any atom is -0.467 e. The second-order valence-corrected chi connectivity index (χ2v) is 5.99. The van der Waals surface area contributed by atoms with E-state index in [1.54, 1.807) is 6.07 Å². The monoisotopic (exact) mass is 326 g/mol. The number of benzene rings is 1. The number of imidazole rings is 1. The first-order chi connectivity index (χ1) is 11.6. The van der Waals surface area contributed by atoms with Crippen molar-refractivity contribution in [3.63, 3.8) is 0 Å². The zero-order valence-electron chi connectivity index (χ0n) is 14.0. The second-order valence-electron chi connectivity index (χ2n) is 5.99. The number of nitrogens with two attached hydrogens (primary N) is 1. The number of carbonyl (C=O) groups is 1. The Balaban J connectivity index is 1.69. The van der Waals surface area contributed by atoms with Crippen LogP contribution in [0.3, 0.4) is 0 Å². The van der Waals surface area contributed by atoms with Crippen molar-refractivity contribution in [1.82, 2.24) is 14.9 Å². The van der Waals surface area contributed by atoms with Crippen LogP contribution in [-0.4, -0.2) is 22.0 Å². The number of nitrogens with zero attached hydrogens (tertiary/aromatic N) is 2. The predicted octanol–water partition coefficient (Wildman–Crippen LogP) is 2.64. The molecule has 126 valence electrons. The molecule has 0 aliphatic carbocycles. The van der Waals surface area contributed by atoms with Gasteiger partial charge in [0, 0.05) is 19.0 Å². The Hall–Kier alpha value is -2.60. The van der Waals surface area contributed by atoms with Gasteiger partial charge in [-0.25, -0.2) is 4.98 Å². The number of hydrogen-bond donors (Lipinski definition) is 2. The lowest BCUT2D eigenvalue weighted by molar-refractivity contribution is 0.0953. The summed E-state index contributed by atoms with van der Waals surface area (Å²) >= 11 is 0. The third-order valence-corrected chi connectivity index (χ3v) is 3.94. The van der Waals surface area contributed by atoms with Gasteiger partial charge in [-0.05, 0) is 32.0 Å². The Morgan fingerprint density at radius 1 is 1.38 bits per heavy atom. The molecule has 0 aliphatic rings. The van der Waals surface area contributed by atoms with Gasteiger partial charge in [-0.1, -0.05) is 12.1 Å². The standard InChI is InChI=1S/C18H22N4O2/c1-12(2)22-16-6-4-3-5-15(16)21-17(22)7-8-20-18(23)13-9-14(10-19)24-11-13/h3-6,9,11-12H,7-8,10,19H2,1-2H3,(H,20,23). The summed E-state index contributed by atoms with van der Waals surface area (Å²) in [5.41, 5.74) is 8.08. The molecule has 0 spiro atoms. The van der Waals surface area contributed by atoms with Crippen molar-refractivity contribution in [2.75, 3.05) is 6.54 Å². The maximum absolute atomic E-state index is 12.1. The largest absolute Gasteiger partial charge is 0.467 e. The van der Waals surface area contributed by atoms with E-state index in [1.807, 2.05) is 18.2 Å². The van der Waals surface area contributed by atoms with Crippen LogP contribution in [0.15, 0.2) is 41.0 Å². The first-order valence-corrected chi connectivity index (χ1v) is 8.11. The molecule has 24 heavy (non-hydrogen) atoms. The summed E-state index contributed by atoms with van der Waals surface area (Å²) in [7, 11) is 0. The van der Waals surface area contributed by atoms with Gasteiger partial charge in [0.15, 0.2) is 0 Å². The third kappa shape index (κ3) is 3.19. The number of aromatic nitrogens is 2. The van der Waals surface area contributed by atoms with E-state index in [0.717, 1.165) is 16.9 Å². The summed E-state index contributed by atoms with van der Waals surface area (Å²) in [4.78, 5) is 16.8. The molecule has 0 bridgehead atoms. The van der Waals surface area contributed by atoms with Crippen LogP contribution < -0.4 is 11.1 Å². The Morgan fingerprint density at radius 3 is 2.88 bits per heavy atom. The number of carbonyl (C=O) groups excluding carboxylic acids is 1. The van der Waals surface area contributed by atoms with Crippen molar-refractivity contribution in [3.8, 4) is 0 Å². The summed E-state index contributed by atoms with van der Waals surface area (Å²) in [5, 5.41) is 2.90. The number of fused-ring (bicyclic) bond motifs is 1. The van der Waals surface area contributed by atoms with E-state index in [0.29, 0.717) is 30.3 Å². The summed E-state index contributed by atoms with van der Waals surface area (Å²) in [5.74, 6) is 1.41. The highest BCUT2D eigenvalue weighted by Gasteiger charge is 2.14. The van der Waals surface area contributed by atoms with E-state index >= 15 is 0 Å². The van der Waals surface area contributed by atoms with E-state index in [4.69, 9.17) is 15.1 Å². The van der Waals surface area contributed by atoms with Gasteiger partial charge in [0.25, 0.3) is 5.91 Å². The molecule has 0 radical (unpaired) electrons.